The van der Waals surface area contributed by atoms with E-state index in [1.807, 2.05) is 0 Å². The lowest BCUT2D eigenvalue weighted by molar-refractivity contribution is -0.141. The Bertz CT molecular complexity index is 1280. The van der Waals surface area contributed by atoms with Crippen LogP contribution in [0.5, 0.6) is 5.75 Å². The largest absolute Gasteiger partial charge is 0.508 e. The second-order valence-electron chi connectivity index (χ2n) is 10.3. The van der Waals surface area contributed by atoms with Crippen LogP contribution in [0.2, 0.25) is 0 Å². The van der Waals surface area contributed by atoms with Crippen molar-refractivity contribution < 1.29 is 34.2 Å². The van der Waals surface area contributed by atoms with Crippen LogP contribution >= 0.6 is 21.6 Å². The number of aromatic hydroxyl groups is 1. The van der Waals surface area contributed by atoms with Gasteiger partial charge in [0, 0.05) is 16.9 Å². The topological polar surface area (TPSA) is 200 Å². The van der Waals surface area contributed by atoms with Crippen molar-refractivity contribution in [3.05, 3.63) is 65.7 Å². The van der Waals surface area contributed by atoms with Crippen molar-refractivity contribution in [2.75, 3.05) is 12.3 Å². The highest BCUT2D eigenvalue weighted by molar-refractivity contribution is 8.77. The van der Waals surface area contributed by atoms with E-state index in [1.165, 1.54) is 12.1 Å². The number of aliphatic carboxylic acids is 1. The Morgan fingerprint density at radius 2 is 1.69 bits per heavy atom. The number of hydrogen-bond donors (Lipinski definition) is 7. The zero-order valence-electron chi connectivity index (χ0n) is 23.2. The fourth-order valence-electron chi connectivity index (χ4n) is 4.11. The molecule has 14 heteroatoms. The van der Waals surface area contributed by atoms with Gasteiger partial charge in [-0.25, -0.2) is 4.79 Å². The number of rotatable bonds is 7. The van der Waals surface area contributed by atoms with E-state index < -0.39 is 65.1 Å². The third-order valence-corrected chi connectivity index (χ3v) is 9.76. The van der Waals surface area contributed by atoms with Gasteiger partial charge in [0.1, 0.15) is 23.9 Å². The molecule has 0 bridgehead atoms. The van der Waals surface area contributed by atoms with E-state index in [0.717, 1.165) is 27.2 Å². The zero-order chi connectivity index (χ0) is 30.9. The van der Waals surface area contributed by atoms with Crippen LogP contribution in [0.15, 0.2) is 54.6 Å². The van der Waals surface area contributed by atoms with Crippen LogP contribution in [-0.2, 0) is 36.8 Å². The Morgan fingerprint density at radius 1 is 1.02 bits per heavy atom. The van der Waals surface area contributed by atoms with Gasteiger partial charge >= 0.3 is 5.97 Å². The zero-order valence-corrected chi connectivity index (χ0v) is 24.8. The summed E-state index contributed by atoms with van der Waals surface area (Å²) in [7, 11) is 2.28. The molecule has 42 heavy (non-hydrogen) atoms. The molecule has 4 amide bonds. The number of amides is 4. The fourth-order valence-corrected chi connectivity index (χ4v) is 6.91. The number of nitrogens with two attached hydrogens (primary N) is 1. The first-order valence-electron chi connectivity index (χ1n) is 13.1. The SMILES string of the molecule is CC1(C)SSC[C@H](C(=O)O)NC(=O)[C@H](Cc2ccccc2)NC(=O)CNC(=O)[C@@H]1NC(=O)[C@@H](N)Cc1ccc(O)cc1. The van der Waals surface area contributed by atoms with E-state index in [-0.39, 0.29) is 24.3 Å². The molecule has 0 saturated carbocycles. The first-order valence-corrected chi connectivity index (χ1v) is 15.5. The summed E-state index contributed by atoms with van der Waals surface area (Å²) in [6.07, 6.45) is 0.249. The van der Waals surface area contributed by atoms with Gasteiger partial charge in [0.25, 0.3) is 0 Å². The van der Waals surface area contributed by atoms with Gasteiger partial charge in [-0.3, -0.25) is 19.2 Å². The van der Waals surface area contributed by atoms with E-state index in [4.69, 9.17) is 5.73 Å². The first-order chi connectivity index (χ1) is 19.9. The number of phenols is 1. The van der Waals surface area contributed by atoms with E-state index >= 15 is 0 Å². The number of carbonyl (C=O) groups is 5. The molecule has 1 fully saturated rings. The fraction of sp³-hybridized carbons (Fsp3) is 0.393. The number of nitrogens with one attached hydrogen (secondary N) is 4. The smallest absolute Gasteiger partial charge is 0.327 e. The van der Waals surface area contributed by atoms with Crippen molar-refractivity contribution in [1.82, 2.24) is 21.3 Å². The first kappa shape index (κ1) is 32.8. The van der Waals surface area contributed by atoms with Crippen LogP contribution in [0, 0.1) is 0 Å². The summed E-state index contributed by atoms with van der Waals surface area (Å²) in [5.41, 5.74) is 7.58. The Labute approximate surface area is 251 Å². The Hall–Kier alpha value is -3.75. The number of phenolic OH excluding ortho intramolecular Hbond substituents is 1. The van der Waals surface area contributed by atoms with Gasteiger partial charge in [-0.15, -0.1) is 0 Å². The molecule has 226 valence electrons. The molecule has 4 atom stereocenters. The van der Waals surface area contributed by atoms with Crippen molar-refractivity contribution in [1.29, 1.82) is 0 Å². The lowest BCUT2D eigenvalue weighted by Crippen LogP contribution is -2.60. The van der Waals surface area contributed by atoms with Gasteiger partial charge in [0.15, 0.2) is 0 Å². The lowest BCUT2D eigenvalue weighted by Gasteiger charge is -2.34. The molecular formula is C28H35N5O7S2. The second-order valence-corrected chi connectivity index (χ2v) is 13.3. The third kappa shape index (κ3) is 9.67. The second kappa shape index (κ2) is 14.9. The summed E-state index contributed by atoms with van der Waals surface area (Å²) in [5, 5.41) is 29.6. The summed E-state index contributed by atoms with van der Waals surface area (Å²) in [5.74, 6) is -3.82. The minimum atomic E-state index is -1.27. The Kier molecular flexibility index (Phi) is 11.6. The standard InChI is InChI=1S/C28H35N5O7S2/c1-28(2)23(33-24(36)19(29)12-17-8-10-18(34)11-9-17)26(38)30-14-22(35)31-20(13-16-6-4-3-5-7-16)25(37)32-21(27(39)40)15-41-42-28/h3-11,19-21,23,34H,12-15,29H2,1-2H3,(H,30,38)(H,31,35)(H,32,37)(H,33,36)(H,39,40)/t19-,20-,21+,23-/m0/s1. The van der Waals surface area contributed by atoms with Gasteiger partial charge < -0.3 is 37.2 Å². The van der Waals surface area contributed by atoms with Crippen LogP contribution in [0.4, 0.5) is 0 Å². The van der Waals surface area contributed by atoms with E-state index in [2.05, 4.69) is 21.3 Å². The molecule has 1 aliphatic rings. The van der Waals surface area contributed by atoms with E-state index in [1.54, 1.807) is 56.3 Å². The third-order valence-electron chi connectivity index (χ3n) is 6.45. The van der Waals surface area contributed by atoms with Crippen molar-refractivity contribution in [2.24, 2.45) is 5.73 Å². The Balaban J connectivity index is 1.79. The number of benzene rings is 2. The molecule has 0 unspecified atom stereocenters. The predicted octanol–water partition coefficient (Wildman–Crippen LogP) is 0.334. The molecule has 0 radical (unpaired) electrons. The van der Waals surface area contributed by atoms with Gasteiger partial charge in [0.2, 0.25) is 23.6 Å². The maximum absolute atomic E-state index is 13.3. The Morgan fingerprint density at radius 3 is 2.33 bits per heavy atom. The molecule has 0 aromatic heterocycles. The monoisotopic (exact) mass is 617 g/mol. The number of hydrogen-bond acceptors (Lipinski definition) is 9. The molecule has 0 spiro atoms. The van der Waals surface area contributed by atoms with Gasteiger partial charge in [-0.05, 0) is 43.5 Å². The van der Waals surface area contributed by atoms with Gasteiger partial charge in [-0.1, -0.05) is 64.1 Å². The van der Waals surface area contributed by atoms with Crippen molar-refractivity contribution in [3.63, 3.8) is 0 Å². The van der Waals surface area contributed by atoms with Crippen LogP contribution in [0.1, 0.15) is 25.0 Å². The maximum atomic E-state index is 13.3. The summed E-state index contributed by atoms with van der Waals surface area (Å²) in [6, 6.07) is 10.6. The highest BCUT2D eigenvalue weighted by Crippen LogP contribution is 2.38. The lowest BCUT2D eigenvalue weighted by atomic mass is 10.0. The van der Waals surface area contributed by atoms with Crippen LogP contribution < -0.4 is 27.0 Å². The summed E-state index contributed by atoms with van der Waals surface area (Å²) >= 11 is 0. The number of carbonyl (C=O) groups excluding carboxylic acids is 4. The van der Waals surface area contributed by atoms with Crippen molar-refractivity contribution in [3.8, 4) is 5.75 Å². The highest BCUT2D eigenvalue weighted by atomic mass is 33.1. The predicted molar refractivity (Wildman–Crippen MR) is 160 cm³/mol. The van der Waals surface area contributed by atoms with Crippen molar-refractivity contribution >= 4 is 51.2 Å². The minimum absolute atomic E-state index is 0.0518. The molecule has 12 nitrogen and oxygen atoms in total. The quantitative estimate of drug-likeness (QED) is 0.213. The average Bonchev–Trinajstić information content (AvgIpc) is 2.94. The molecule has 1 saturated heterocycles. The molecular weight excluding hydrogens is 582 g/mol. The normalized spacial score (nSPS) is 22.5. The summed E-state index contributed by atoms with van der Waals surface area (Å²) in [6.45, 7) is 2.90. The molecule has 2 aromatic rings. The van der Waals surface area contributed by atoms with E-state index in [0.29, 0.717) is 5.56 Å². The number of carboxylic acid groups (broad SMARTS) is 1. The summed E-state index contributed by atoms with van der Waals surface area (Å²) < 4.78 is -0.994. The minimum Gasteiger partial charge on any atom is -0.508 e. The van der Waals surface area contributed by atoms with Crippen LogP contribution in [-0.4, -0.2) is 81.0 Å². The van der Waals surface area contributed by atoms with Crippen LogP contribution in [0.25, 0.3) is 0 Å². The highest BCUT2D eigenvalue weighted by Gasteiger charge is 2.39. The molecule has 1 heterocycles. The van der Waals surface area contributed by atoms with Gasteiger partial charge in [0.05, 0.1) is 12.6 Å². The average molecular weight is 618 g/mol. The molecule has 0 aliphatic carbocycles. The summed E-state index contributed by atoms with van der Waals surface area (Å²) in [4.78, 5) is 64.3. The number of carboxylic acids is 1. The van der Waals surface area contributed by atoms with Crippen molar-refractivity contribution in [2.45, 2.75) is 55.6 Å². The van der Waals surface area contributed by atoms with E-state index in [9.17, 15) is 34.2 Å². The molecule has 3 rings (SSSR count). The van der Waals surface area contributed by atoms with Gasteiger partial charge in [-0.2, -0.15) is 0 Å². The molecule has 2 aromatic carbocycles. The van der Waals surface area contributed by atoms with Crippen LogP contribution in [0.3, 0.4) is 0 Å². The molecule has 1 aliphatic heterocycles. The molecule has 8 N–H and O–H groups in total. The maximum Gasteiger partial charge on any atom is 0.327 e.